The molecule has 0 bridgehead atoms. The predicted molar refractivity (Wildman–Crippen MR) is 99.3 cm³/mol. The standard InChI is InChI=1S/C19H17ClN2O5/c1-11-9-14(11)19(24)27-17(12-5-3-2-4-6-12)18(23)21-16-8-7-13(22(25)26)10-15(16)20/h2-8,10-11,14,17H,9H2,1H3,(H,21,23). The number of ether oxygens (including phenoxy) is 1. The minimum absolute atomic E-state index is 0.0199. The van der Waals surface area contributed by atoms with Crippen LogP contribution in [0.1, 0.15) is 25.0 Å². The van der Waals surface area contributed by atoms with Gasteiger partial charge < -0.3 is 10.1 Å². The summed E-state index contributed by atoms with van der Waals surface area (Å²) in [5.41, 5.74) is 0.533. The summed E-state index contributed by atoms with van der Waals surface area (Å²) in [6.07, 6.45) is -0.395. The first-order chi connectivity index (χ1) is 12.9. The van der Waals surface area contributed by atoms with Crippen molar-refractivity contribution in [2.24, 2.45) is 11.8 Å². The number of nitro groups is 1. The molecule has 0 aliphatic heterocycles. The number of benzene rings is 2. The van der Waals surface area contributed by atoms with E-state index in [9.17, 15) is 19.7 Å². The second-order valence-corrected chi connectivity index (χ2v) is 6.86. The number of rotatable bonds is 6. The highest BCUT2D eigenvalue weighted by Crippen LogP contribution is 2.40. The molecule has 1 saturated carbocycles. The molecular formula is C19H17ClN2O5. The van der Waals surface area contributed by atoms with E-state index in [2.05, 4.69) is 5.32 Å². The van der Waals surface area contributed by atoms with Crippen LogP contribution < -0.4 is 5.32 Å². The zero-order valence-electron chi connectivity index (χ0n) is 14.4. The predicted octanol–water partition coefficient (Wildman–Crippen LogP) is 4.13. The average molecular weight is 389 g/mol. The van der Waals surface area contributed by atoms with Crippen molar-refractivity contribution in [1.82, 2.24) is 0 Å². The van der Waals surface area contributed by atoms with Crippen LogP contribution in [-0.2, 0) is 14.3 Å². The van der Waals surface area contributed by atoms with Gasteiger partial charge in [0, 0.05) is 17.7 Å². The molecule has 1 aliphatic rings. The normalized spacial score (nSPS) is 19.0. The van der Waals surface area contributed by atoms with Gasteiger partial charge in [0.1, 0.15) is 0 Å². The second kappa shape index (κ2) is 7.75. The summed E-state index contributed by atoms with van der Waals surface area (Å²) in [6, 6.07) is 12.4. The third-order valence-electron chi connectivity index (χ3n) is 4.41. The van der Waals surface area contributed by atoms with Gasteiger partial charge in [-0.15, -0.1) is 0 Å². The molecule has 2 aromatic carbocycles. The Hall–Kier alpha value is -2.93. The van der Waals surface area contributed by atoms with Crippen LogP contribution in [0.3, 0.4) is 0 Å². The molecule has 0 saturated heterocycles. The van der Waals surface area contributed by atoms with E-state index in [1.807, 2.05) is 6.92 Å². The third-order valence-corrected chi connectivity index (χ3v) is 4.72. The summed E-state index contributed by atoms with van der Waals surface area (Å²) >= 11 is 6.03. The number of carbonyl (C=O) groups is 2. The molecule has 0 spiro atoms. The molecule has 2 aromatic rings. The van der Waals surface area contributed by atoms with E-state index < -0.39 is 22.9 Å². The first-order valence-corrected chi connectivity index (χ1v) is 8.75. The summed E-state index contributed by atoms with van der Waals surface area (Å²) in [5.74, 6) is -0.937. The van der Waals surface area contributed by atoms with Crippen molar-refractivity contribution in [3.8, 4) is 0 Å². The lowest BCUT2D eigenvalue weighted by molar-refractivity contribution is -0.384. The van der Waals surface area contributed by atoms with Gasteiger partial charge in [-0.1, -0.05) is 48.9 Å². The molecule has 3 atom stereocenters. The number of nitro benzene ring substituents is 1. The highest BCUT2D eigenvalue weighted by atomic mass is 35.5. The zero-order valence-corrected chi connectivity index (χ0v) is 15.2. The van der Waals surface area contributed by atoms with Crippen molar-refractivity contribution in [2.45, 2.75) is 19.4 Å². The van der Waals surface area contributed by atoms with Crippen molar-refractivity contribution in [1.29, 1.82) is 0 Å². The minimum atomic E-state index is -1.14. The highest BCUT2D eigenvalue weighted by Gasteiger charge is 2.42. The Balaban J connectivity index is 1.80. The van der Waals surface area contributed by atoms with Crippen LogP contribution in [0, 0.1) is 22.0 Å². The zero-order chi connectivity index (χ0) is 19.6. The summed E-state index contributed by atoms with van der Waals surface area (Å²) < 4.78 is 5.46. The third kappa shape index (κ3) is 4.43. The van der Waals surface area contributed by atoms with Crippen molar-refractivity contribution in [3.63, 3.8) is 0 Å². The van der Waals surface area contributed by atoms with Crippen molar-refractivity contribution in [2.75, 3.05) is 5.32 Å². The Bertz CT molecular complexity index is 887. The fraction of sp³-hybridized carbons (Fsp3) is 0.263. The van der Waals surface area contributed by atoms with Gasteiger partial charge in [0.25, 0.3) is 11.6 Å². The Morgan fingerprint density at radius 3 is 2.48 bits per heavy atom. The SMILES string of the molecule is CC1CC1C(=O)OC(C(=O)Nc1ccc([N+](=O)[O-])cc1Cl)c1ccccc1. The van der Waals surface area contributed by atoms with E-state index in [4.69, 9.17) is 16.3 Å². The van der Waals surface area contributed by atoms with Crippen LogP contribution >= 0.6 is 11.6 Å². The van der Waals surface area contributed by atoms with Crippen molar-refractivity contribution in [3.05, 3.63) is 69.2 Å². The number of carbonyl (C=O) groups excluding carboxylic acids is 2. The Morgan fingerprint density at radius 1 is 1.26 bits per heavy atom. The molecule has 3 unspecified atom stereocenters. The van der Waals surface area contributed by atoms with Crippen molar-refractivity contribution >= 4 is 34.9 Å². The number of nitrogens with zero attached hydrogens (tertiary/aromatic N) is 1. The van der Waals surface area contributed by atoms with Gasteiger partial charge in [-0.05, 0) is 18.4 Å². The Morgan fingerprint density at radius 2 is 1.93 bits per heavy atom. The van der Waals surface area contributed by atoms with Gasteiger partial charge in [-0.2, -0.15) is 0 Å². The van der Waals surface area contributed by atoms with Gasteiger partial charge in [0.2, 0.25) is 6.10 Å². The number of hydrogen-bond acceptors (Lipinski definition) is 5. The maximum Gasteiger partial charge on any atom is 0.310 e. The number of nitrogens with one attached hydrogen (secondary N) is 1. The largest absolute Gasteiger partial charge is 0.447 e. The van der Waals surface area contributed by atoms with Gasteiger partial charge in [-0.3, -0.25) is 19.7 Å². The van der Waals surface area contributed by atoms with Gasteiger partial charge in [0.05, 0.1) is 21.6 Å². The number of esters is 1. The summed E-state index contributed by atoms with van der Waals surface area (Å²) in [6.45, 7) is 1.94. The van der Waals surface area contributed by atoms with Crippen LogP contribution in [-0.4, -0.2) is 16.8 Å². The lowest BCUT2D eigenvalue weighted by Crippen LogP contribution is -2.26. The van der Waals surface area contributed by atoms with E-state index in [0.29, 0.717) is 5.56 Å². The Kier molecular flexibility index (Phi) is 5.41. The fourth-order valence-electron chi connectivity index (χ4n) is 2.67. The minimum Gasteiger partial charge on any atom is -0.447 e. The molecule has 140 valence electrons. The molecule has 27 heavy (non-hydrogen) atoms. The molecule has 0 radical (unpaired) electrons. The van der Waals surface area contributed by atoms with Crippen LogP contribution in [0.25, 0.3) is 0 Å². The maximum absolute atomic E-state index is 12.8. The first kappa shape index (κ1) is 18.8. The van der Waals surface area contributed by atoms with Crippen molar-refractivity contribution < 1.29 is 19.2 Å². The molecule has 1 aliphatic carbocycles. The van der Waals surface area contributed by atoms with E-state index in [1.165, 1.54) is 12.1 Å². The number of amides is 1. The molecule has 1 N–H and O–H groups in total. The first-order valence-electron chi connectivity index (χ1n) is 8.37. The van der Waals surface area contributed by atoms with E-state index >= 15 is 0 Å². The molecule has 1 fully saturated rings. The molecule has 1 amide bonds. The van der Waals surface area contributed by atoms with E-state index in [-0.39, 0.29) is 28.2 Å². The monoisotopic (exact) mass is 388 g/mol. The second-order valence-electron chi connectivity index (χ2n) is 6.46. The number of anilines is 1. The van der Waals surface area contributed by atoms with Gasteiger partial charge in [0.15, 0.2) is 0 Å². The quantitative estimate of drug-likeness (QED) is 0.455. The van der Waals surface area contributed by atoms with E-state index in [1.54, 1.807) is 30.3 Å². The summed E-state index contributed by atoms with van der Waals surface area (Å²) in [7, 11) is 0. The average Bonchev–Trinajstić information content (AvgIpc) is 3.38. The number of non-ortho nitro benzene ring substituents is 1. The number of halogens is 1. The number of hydrogen-bond donors (Lipinski definition) is 1. The topological polar surface area (TPSA) is 98.5 Å². The molecule has 8 heteroatoms. The summed E-state index contributed by atoms with van der Waals surface area (Å²) in [4.78, 5) is 35.2. The molecule has 0 aromatic heterocycles. The lowest BCUT2D eigenvalue weighted by Gasteiger charge is -2.18. The van der Waals surface area contributed by atoms with Gasteiger partial charge in [-0.25, -0.2) is 0 Å². The maximum atomic E-state index is 12.8. The van der Waals surface area contributed by atoms with E-state index in [0.717, 1.165) is 12.5 Å². The summed E-state index contributed by atoms with van der Waals surface area (Å²) in [5, 5.41) is 13.4. The molecule has 0 heterocycles. The molecule has 3 rings (SSSR count). The lowest BCUT2D eigenvalue weighted by atomic mass is 10.1. The fourth-order valence-corrected chi connectivity index (χ4v) is 2.89. The van der Waals surface area contributed by atoms with Crippen LogP contribution in [0.2, 0.25) is 5.02 Å². The molecular weight excluding hydrogens is 372 g/mol. The van der Waals surface area contributed by atoms with Crippen LogP contribution in [0.5, 0.6) is 0 Å². The van der Waals surface area contributed by atoms with Crippen LogP contribution in [0.15, 0.2) is 48.5 Å². The van der Waals surface area contributed by atoms with Crippen LogP contribution in [0.4, 0.5) is 11.4 Å². The highest BCUT2D eigenvalue weighted by molar-refractivity contribution is 6.34. The molecule has 7 nitrogen and oxygen atoms in total. The Labute approximate surface area is 160 Å². The van der Waals surface area contributed by atoms with Gasteiger partial charge >= 0.3 is 5.97 Å². The smallest absolute Gasteiger partial charge is 0.310 e.